The molecule has 6 nitrogen and oxygen atoms in total. The van der Waals surface area contributed by atoms with Gasteiger partial charge in [-0.15, -0.1) is 0 Å². The minimum Gasteiger partial charge on any atom is -0.489 e. The summed E-state index contributed by atoms with van der Waals surface area (Å²) in [6.07, 6.45) is 1.73. The molecule has 4 rings (SSSR count). The second-order valence-corrected chi connectivity index (χ2v) is 6.50. The molecule has 2 amide bonds. The van der Waals surface area contributed by atoms with E-state index in [0.29, 0.717) is 30.3 Å². The molecule has 3 aromatic carbocycles. The van der Waals surface area contributed by atoms with Crippen LogP contribution in [0.2, 0.25) is 0 Å². The normalized spacial score (nSPS) is 10.4. The number of hydrogen-bond donors (Lipinski definition) is 2. The molecular formula is C24H21N3O3. The summed E-state index contributed by atoms with van der Waals surface area (Å²) in [6.45, 7) is 0.706. The average molecular weight is 399 g/mol. The number of para-hydroxylation sites is 2. The lowest BCUT2D eigenvalue weighted by Gasteiger charge is -2.11. The molecule has 0 aliphatic heterocycles. The van der Waals surface area contributed by atoms with Crippen molar-refractivity contribution < 1.29 is 14.3 Å². The molecule has 0 atom stereocenters. The van der Waals surface area contributed by atoms with Crippen LogP contribution in [-0.4, -0.2) is 24.2 Å². The predicted molar refractivity (Wildman–Crippen MR) is 117 cm³/mol. The van der Waals surface area contributed by atoms with Crippen LogP contribution in [0.1, 0.15) is 0 Å². The molecule has 0 unspecified atom stereocenters. The Kier molecular flexibility index (Phi) is 6.05. The quantitative estimate of drug-likeness (QED) is 0.418. The second-order valence-electron chi connectivity index (χ2n) is 6.50. The van der Waals surface area contributed by atoms with Crippen LogP contribution in [0.4, 0.5) is 10.5 Å². The Morgan fingerprint density at radius 2 is 1.60 bits per heavy atom. The number of nitrogens with one attached hydrogen (secondary N) is 2. The first-order chi connectivity index (χ1) is 14.8. The molecule has 0 fully saturated rings. The number of urea groups is 1. The number of hydrogen-bond acceptors (Lipinski definition) is 4. The third kappa shape index (κ3) is 5.05. The summed E-state index contributed by atoms with van der Waals surface area (Å²) < 4.78 is 11.5. The summed E-state index contributed by atoms with van der Waals surface area (Å²) >= 11 is 0. The van der Waals surface area contributed by atoms with Crippen molar-refractivity contribution in [3.05, 3.63) is 91.1 Å². The molecule has 0 spiro atoms. The molecule has 4 aromatic rings. The van der Waals surface area contributed by atoms with Crippen LogP contribution in [-0.2, 0) is 0 Å². The molecule has 30 heavy (non-hydrogen) atoms. The lowest BCUT2D eigenvalue weighted by atomic mass is 10.2. The number of amides is 2. The third-order valence-electron chi connectivity index (χ3n) is 4.33. The van der Waals surface area contributed by atoms with Gasteiger partial charge in [0.25, 0.3) is 0 Å². The highest BCUT2D eigenvalue weighted by Gasteiger charge is 2.05. The van der Waals surface area contributed by atoms with Gasteiger partial charge in [0.15, 0.2) is 0 Å². The Morgan fingerprint density at radius 3 is 2.43 bits per heavy atom. The van der Waals surface area contributed by atoms with E-state index in [9.17, 15) is 4.79 Å². The molecule has 0 bridgehead atoms. The van der Waals surface area contributed by atoms with Crippen molar-refractivity contribution >= 4 is 22.6 Å². The molecule has 1 aromatic heterocycles. The first kappa shape index (κ1) is 19.3. The number of pyridine rings is 1. The van der Waals surface area contributed by atoms with Gasteiger partial charge in [0.2, 0.25) is 0 Å². The topological polar surface area (TPSA) is 72.5 Å². The number of nitrogens with zero attached hydrogens (tertiary/aromatic N) is 1. The van der Waals surface area contributed by atoms with Gasteiger partial charge in [-0.2, -0.15) is 0 Å². The highest BCUT2D eigenvalue weighted by molar-refractivity contribution is 5.89. The Hall–Kier alpha value is -4.06. The summed E-state index contributed by atoms with van der Waals surface area (Å²) in [5, 5.41) is 6.58. The first-order valence-corrected chi connectivity index (χ1v) is 9.62. The van der Waals surface area contributed by atoms with E-state index < -0.39 is 0 Å². The fourth-order valence-electron chi connectivity index (χ4n) is 2.92. The Morgan fingerprint density at radius 1 is 0.833 bits per heavy atom. The Balaban J connectivity index is 1.23. The predicted octanol–water partition coefficient (Wildman–Crippen LogP) is 5.23. The fourth-order valence-corrected chi connectivity index (χ4v) is 2.92. The van der Waals surface area contributed by atoms with Gasteiger partial charge in [-0.3, -0.25) is 4.98 Å². The van der Waals surface area contributed by atoms with E-state index in [0.717, 1.165) is 16.7 Å². The van der Waals surface area contributed by atoms with Gasteiger partial charge in [-0.05, 0) is 48.5 Å². The minimum atomic E-state index is -0.300. The summed E-state index contributed by atoms with van der Waals surface area (Å²) in [7, 11) is 0. The van der Waals surface area contributed by atoms with E-state index in [1.54, 1.807) is 30.5 Å². The summed E-state index contributed by atoms with van der Waals surface area (Å²) in [5.41, 5.74) is 1.48. The van der Waals surface area contributed by atoms with Gasteiger partial charge in [0.1, 0.15) is 29.4 Å². The lowest BCUT2D eigenvalue weighted by Crippen LogP contribution is -2.32. The molecule has 0 aliphatic rings. The molecule has 6 heteroatoms. The molecule has 0 saturated carbocycles. The number of aromatic nitrogens is 1. The molecule has 0 saturated heterocycles. The standard InChI is InChI=1S/C24H21N3O3/c28-24(26-16-17-29-22-10-4-6-18-7-5-15-25-23(18)22)27-19-11-13-21(14-12-19)30-20-8-2-1-3-9-20/h1-15H,16-17H2,(H2,26,27,28). The average Bonchev–Trinajstić information content (AvgIpc) is 2.79. The van der Waals surface area contributed by atoms with E-state index in [2.05, 4.69) is 15.6 Å². The van der Waals surface area contributed by atoms with Crippen LogP contribution < -0.4 is 20.1 Å². The summed E-state index contributed by atoms with van der Waals surface area (Å²) in [5.74, 6) is 2.16. The highest BCUT2D eigenvalue weighted by Crippen LogP contribution is 2.23. The molecule has 0 aliphatic carbocycles. The van der Waals surface area contributed by atoms with E-state index in [-0.39, 0.29) is 6.03 Å². The smallest absolute Gasteiger partial charge is 0.319 e. The van der Waals surface area contributed by atoms with Gasteiger partial charge >= 0.3 is 6.03 Å². The van der Waals surface area contributed by atoms with Crippen molar-refractivity contribution in [1.82, 2.24) is 10.3 Å². The van der Waals surface area contributed by atoms with E-state index in [4.69, 9.17) is 9.47 Å². The van der Waals surface area contributed by atoms with Crippen LogP contribution in [0.15, 0.2) is 91.1 Å². The van der Waals surface area contributed by atoms with Crippen LogP contribution in [0, 0.1) is 0 Å². The molecule has 0 radical (unpaired) electrons. The van der Waals surface area contributed by atoms with Crippen molar-refractivity contribution in [2.75, 3.05) is 18.5 Å². The maximum atomic E-state index is 12.1. The maximum absolute atomic E-state index is 12.1. The number of anilines is 1. The monoisotopic (exact) mass is 399 g/mol. The summed E-state index contributed by atoms with van der Waals surface area (Å²) in [4.78, 5) is 16.4. The van der Waals surface area contributed by atoms with Crippen LogP contribution >= 0.6 is 0 Å². The van der Waals surface area contributed by atoms with Crippen molar-refractivity contribution in [3.63, 3.8) is 0 Å². The second kappa shape index (κ2) is 9.43. The van der Waals surface area contributed by atoms with Gasteiger partial charge in [-0.1, -0.05) is 36.4 Å². The first-order valence-electron chi connectivity index (χ1n) is 9.62. The Labute approximate surface area is 174 Å². The largest absolute Gasteiger partial charge is 0.489 e. The number of rotatable bonds is 7. The molecular weight excluding hydrogens is 378 g/mol. The SMILES string of the molecule is O=C(NCCOc1cccc2cccnc12)Nc1ccc(Oc2ccccc2)cc1. The fraction of sp³-hybridized carbons (Fsp3) is 0.0833. The third-order valence-corrected chi connectivity index (χ3v) is 4.33. The van der Waals surface area contributed by atoms with E-state index in [1.807, 2.05) is 60.7 Å². The van der Waals surface area contributed by atoms with E-state index >= 15 is 0 Å². The van der Waals surface area contributed by atoms with Gasteiger partial charge in [0.05, 0.1) is 6.54 Å². The summed E-state index contributed by atoms with van der Waals surface area (Å²) in [6, 6.07) is 26.1. The zero-order valence-electron chi connectivity index (χ0n) is 16.2. The zero-order valence-corrected chi connectivity index (χ0v) is 16.2. The number of benzene rings is 3. The van der Waals surface area contributed by atoms with Gasteiger partial charge in [-0.25, -0.2) is 4.79 Å². The highest BCUT2D eigenvalue weighted by atomic mass is 16.5. The van der Waals surface area contributed by atoms with Crippen LogP contribution in [0.25, 0.3) is 10.9 Å². The zero-order chi connectivity index (χ0) is 20.6. The number of ether oxygens (including phenoxy) is 2. The Bertz CT molecular complexity index is 1110. The van der Waals surface area contributed by atoms with Gasteiger partial charge in [0, 0.05) is 17.3 Å². The number of fused-ring (bicyclic) bond motifs is 1. The molecule has 150 valence electrons. The van der Waals surface area contributed by atoms with Crippen LogP contribution in [0.3, 0.4) is 0 Å². The molecule has 1 heterocycles. The van der Waals surface area contributed by atoms with Crippen molar-refractivity contribution in [3.8, 4) is 17.2 Å². The molecule has 2 N–H and O–H groups in total. The van der Waals surface area contributed by atoms with Crippen LogP contribution in [0.5, 0.6) is 17.2 Å². The number of carbonyl (C=O) groups excluding carboxylic acids is 1. The van der Waals surface area contributed by atoms with E-state index in [1.165, 1.54) is 0 Å². The lowest BCUT2D eigenvalue weighted by molar-refractivity contribution is 0.247. The van der Waals surface area contributed by atoms with Crippen molar-refractivity contribution in [2.24, 2.45) is 0 Å². The van der Waals surface area contributed by atoms with Crippen molar-refractivity contribution in [1.29, 1.82) is 0 Å². The maximum Gasteiger partial charge on any atom is 0.319 e. The minimum absolute atomic E-state index is 0.300. The number of carbonyl (C=O) groups is 1. The van der Waals surface area contributed by atoms with Gasteiger partial charge < -0.3 is 20.1 Å². The van der Waals surface area contributed by atoms with Crippen molar-refractivity contribution in [2.45, 2.75) is 0 Å².